The van der Waals surface area contributed by atoms with Gasteiger partial charge in [0.05, 0.1) is 5.41 Å². The highest BCUT2D eigenvalue weighted by atomic mass is 16.5. The number of rotatable bonds is 10. The van der Waals surface area contributed by atoms with Gasteiger partial charge in [0.25, 0.3) is 0 Å². The highest BCUT2D eigenvalue weighted by Crippen LogP contribution is 2.45. The minimum atomic E-state index is -0.901. The van der Waals surface area contributed by atoms with E-state index in [2.05, 4.69) is 22.8 Å². The van der Waals surface area contributed by atoms with Crippen molar-refractivity contribution in [3.8, 4) is 11.1 Å². The average molecular weight is 466 g/mol. The molecule has 0 radical (unpaired) electrons. The SMILES string of the molecule is CN(C)CCC(NC(=O)OCC1c2ccccc2-c2ccccc21)C(=O)NCC1(C(=O)O)CC1. The first kappa shape index (κ1) is 23.8. The number of aliphatic carboxylic acids is 1. The fourth-order valence-electron chi connectivity index (χ4n) is 4.44. The second-order valence-electron chi connectivity index (χ2n) is 9.42. The smallest absolute Gasteiger partial charge is 0.407 e. The molecule has 4 rings (SSSR count). The van der Waals surface area contributed by atoms with Gasteiger partial charge in [-0.2, -0.15) is 0 Å². The third kappa shape index (κ3) is 5.07. The number of carbonyl (C=O) groups excluding carboxylic acids is 2. The predicted octanol–water partition coefficient (Wildman–Crippen LogP) is 2.83. The van der Waals surface area contributed by atoms with Crippen LogP contribution in [-0.4, -0.2) is 67.8 Å². The van der Waals surface area contributed by atoms with Gasteiger partial charge in [-0.1, -0.05) is 48.5 Å². The van der Waals surface area contributed by atoms with Crippen molar-refractivity contribution in [2.45, 2.75) is 31.2 Å². The van der Waals surface area contributed by atoms with Crippen molar-refractivity contribution < 1.29 is 24.2 Å². The number of fused-ring (bicyclic) bond motifs is 3. The topological polar surface area (TPSA) is 108 Å². The first-order valence-corrected chi connectivity index (χ1v) is 11.6. The summed E-state index contributed by atoms with van der Waals surface area (Å²) in [5.74, 6) is -1.37. The van der Waals surface area contributed by atoms with Crippen LogP contribution in [0.5, 0.6) is 0 Å². The molecule has 8 nitrogen and oxygen atoms in total. The van der Waals surface area contributed by atoms with Crippen molar-refractivity contribution in [1.29, 1.82) is 0 Å². The first-order valence-electron chi connectivity index (χ1n) is 11.6. The molecule has 1 fully saturated rings. The second kappa shape index (κ2) is 9.85. The van der Waals surface area contributed by atoms with Crippen molar-refractivity contribution in [2.75, 3.05) is 33.8 Å². The summed E-state index contributed by atoms with van der Waals surface area (Å²) < 4.78 is 5.59. The molecule has 0 heterocycles. The van der Waals surface area contributed by atoms with Crippen molar-refractivity contribution in [1.82, 2.24) is 15.5 Å². The lowest BCUT2D eigenvalue weighted by Gasteiger charge is -2.22. The molecule has 8 heteroatoms. The Balaban J connectivity index is 1.38. The Hall–Kier alpha value is -3.39. The lowest BCUT2D eigenvalue weighted by molar-refractivity contribution is -0.143. The Bertz CT molecular complexity index is 1030. The summed E-state index contributed by atoms with van der Waals surface area (Å²) >= 11 is 0. The number of hydrogen-bond donors (Lipinski definition) is 3. The molecule has 0 aromatic heterocycles. The van der Waals surface area contributed by atoms with Gasteiger partial charge in [0, 0.05) is 12.5 Å². The summed E-state index contributed by atoms with van der Waals surface area (Å²) in [6.45, 7) is 0.793. The fourth-order valence-corrected chi connectivity index (χ4v) is 4.44. The van der Waals surface area contributed by atoms with Crippen LogP contribution in [0.2, 0.25) is 0 Å². The largest absolute Gasteiger partial charge is 0.481 e. The molecule has 2 aliphatic carbocycles. The zero-order valence-electron chi connectivity index (χ0n) is 19.5. The van der Waals surface area contributed by atoms with Gasteiger partial charge < -0.3 is 25.4 Å². The van der Waals surface area contributed by atoms with Gasteiger partial charge >= 0.3 is 12.1 Å². The molecule has 0 spiro atoms. The summed E-state index contributed by atoms with van der Waals surface area (Å²) in [4.78, 5) is 38.8. The maximum atomic E-state index is 12.8. The second-order valence-corrected chi connectivity index (χ2v) is 9.42. The number of hydrogen-bond acceptors (Lipinski definition) is 5. The number of ether oxygens (including phenoxy) is 1. The van der Waals surface area contributed by atoms with Crippen molar-refractivity contribution in [3.05, 3.63) is 59.7 Å². The molecule has 180 valence electrons. The van der Waals surface area contributed by atoms with Crippen LogP contribution in [0.4, 0.5) is 4.79 Å². The van der Waals surface area contributed by atoms with Crippen LogP contribution in [0, 0.1) is 5.41 Å². The van der Waals surface area contributed by atoms with Gasteiger partial charge in [-0.15, -0.1) is 0 Å². The Morgan fingerprint density at radius 1 is 1.06 bits per heavy atom. The Kier molecular flexibility index (Phi) is 6.88. The van der Waals surface area contributed by atoms with E-state index in [1.54, 1.807) is 0 Å². The monoisotopic (exact) mass is 465 g/mol. The number of carbonyl (C=O) groups is 3. The Morgan fingerprint density at radius 2 is 1.65 bits per heavy atom. The van der Waals surface area contributed by atoms with Gasteiger partial charge in [0.2, 0.25) is 5.91 Å². The normalized spacial score (nSPS) is 16.3. The van der Waals surface area contributed by atoms with Crippen molar-refractivity contribution in [3.63, 3.8) is 0 Å². The van der Waals surface area contributed by atoms with Crippen LogP contribution in [0.1, 0.15) is 36.3 Å². The third-order valence-electron chi connectivity index (χ3n) is 6.73. The van der Waals surface area contributed by atoms with E-state index >= 15 is 0 Å². The van der Waals surface area contributed by atoms with E-state index in [1.807, 2.05) is 55.4 Å². The molecule has 1 saturated carbocycles. The number of carboxylic acid groups (broad SMARTS) is 1. The summed E-state index contributed by atoms with van der Waals surface area (Å²) in [6, 6.07) is 15.4. The maximum Gasteiger partial charge on any atom is 0.407 e. The summed E-state index contributed by atoms with van der Waals surface area (Å²) in [7, 11) is 3.76. The summed E-state index contributed by atoms with van der Waals surface area (Å²) in [5, 5.41) is 14.7. The lowest BCUT2D eigenvalue weighted by atomic mass is 9.98. The highest BCUT2D eigenvalue weighted by Gasteiger charge is 2.50. The standard InChI is InChI=1S/C26H31N3O5/c1-29(2)14-11-22(23(30)27-16-26(12-13-26)24(31)32)28-25(33)34-15-21-19-9-5-3-7-17(19)18-8-4-6-10-20(18)21/h3-10,21-22H,11-16H2,1-2H3,(H,27,30)(H,28,33)(H,31,32). The fraction of sp³-hybridized carbons (Fsp3) is 0.423. The number of benzene rings is 2. The number of nitrogens with one attached hydrogen (secondary N) is 2. The molecule has 2 amide bonds. The molecule has 3 N–H and O–H groups in total. The molecule has 0 aliphatic heterocycles. The predicted molar refractivity (Wildman–Crippen MR) is 127 cm³/mol. The molecule has 2 aromatic carbocycles. The molecule has 2 aromatic rings. The molecule has 2 aliphatic rings. The van der Waals surface area contributed by atoms with Crippen LogP contribution in [0.15, 0.2) is 48.5 Å². The van der Waals surface area contributed by atoms with Crippen molar-refractivity contribution in [2.24, 2.45) is 5.41 Å². The van der Waals surface area contributed by atoms with Crippen LogP contribution in [0.3, 0.4) is 0 Å². The van der Waals surface area contributed by atoms with E-state index < -0.39 is 29.4 Å². The maximum absolute atomic E-state index is 12.8. The van der Waals surface area contributed by atoms with Crippen molar-refractivity contribution >= 4 is 18.0 Å². The van der Waals surface area contributed by atoms with E-state index in [-0.39, 0.29) is 19.1 Å². The van der Waals surface area contributed by atoms with Gasteiger partial charge in [-0.25, -0.2) is 4.79 Å². The van der Waals surface area contributed by atoms with E-state index in [0.29, 0.717) is 25.8 Å². The average Bonchev–Trinajstić information content (AvgIpc) is 3.56. The van der Waals surface area contributed by atoms with Gasteiger partial charge in [-0.3, -0.25) is 9.59 Å². The van der Waals surface area contributed by atoms with Crippen LogP contribution in [0.25, 0.3) is 11.1 Å². The van der Waals surface area contributed by atoms with Gasteiger partial charge in [0.15, 0.2) is 0 Å². The molecule has 1 atom stereocenters. The molecular weight excluding hydrogens is 434 g/mol. The molecule has 0 saturated heterocycles. The van der Waals surface area contributed by atoms with E-state index in [4.69, 9.17) is 4.74 Å². The van der Waals surface area contributed by atoms with Crippen LogP contribution >= 0.6 is 0 Å². The minimum absolute atomic E-state index is 0.0615. The molecular formula is C26H31N3O5. The molecule has 0 bridgehead atoms. The third-order valence-corrected chi connectivity index (χ3v) is 6.73. The zero-order valence-corrected chi connectivity index (χ0v) is 19.5. The highest BCUT2D eigenvalue weighted by molar-refractivity contribution is 5.87. The van der Waals surface area contributed by atoms with E-state index in [0.717, 1.165) is 22.3 Å². The van der Waals surface area contributed by atoms with Gasteiger partial charge in [-0.05, 0) is 62.2 Å². The minimum Gasteiger partial charge on any atom is -0.481 e. The summed E-state index contributed by atoms with van der Waals surface area (Å²) in [5.41, 5.74) is 3.64. The zero-order chi connectivity index (χ0) is 24.3. The Labute approximate surface area is 199 Å². The van der Waals surface area contributed by atoms with E-state index in [9.17, 15) is 19.5 Å². The number of carboxylic acids is 1. The van der Waals surface area contributed by atoms with Crippen LogP contribution in [-0.2, 0) is 14.3 Å². The lowest BCUT2D eigenvalue weighted by Crippen LogP contribution is -2.49. The Morgan fingerprint density at radius 3 is 2.18 bits per heavy atom. The molecule has 1 unspecified atom stereocenters. The number of amides is 2. The summed E-state index contributed by atoms with van der Waals surface area (Å²) in [6.07, 6.45) is 0.804. The number of alkyl carbamates (subject to hydrolysis) is 1. The van der Waals surface area contributed by atoms with Crippen LogP contribution < -0.4 is 10.6 Å². The number of nitrogens with zero attached hydrogens (tertiary/aromatic N) is 1. The first-order chi connectivity index (χ1) is 16.3. The van der Waals surface area contributed by atoms with E-state index in [1.165, 1.54) is 0 Å². The molecule has 34 heavy (non-hydrogen) atoms. The quantitative estimate of drug-likeness (QED) is 0.498. The van der Waals surface area contributed by atoms with Gasteiger partial charge in [0.1, 0.15) is 12.6 Å².